The monoisotopic (exact) mass is 332 g/mol. The van der Waals surface area contributed by atoms with Gasteiger partial charge < -0.3 is 10.1 Å². The van der Waals surface area contributed by atoms with Crippen molar-refractivity contribution in [3.63, 3.8) is 0 Å². The van der Waals surface area contributed by atoms with E-state index in [1.165, 1.54) is 24.0 Å². The van der Waals surface area contributed by atoms with Crippen LogP contribution in [0.3, 0.4) is 0 Å². The van der Waals surface area contributed by atoms with E-state index in [1.807, 2.05) is 30.5 Å². The molecule has 20 heavy (non-hydrogen) atoms. The van der Waals surface area contributed by atoms with Gasteiger partial charge in [-0.15, -0.1) is 0 Å². The van der Waals surface area contributed by atoms with Gasteiger partial charge in [0.2, 0.25) is 5.88 Å². The summed E-state index contributed by atoms with van der Waals surface area (Å²) >= 11 is 3.50. The molecule has 3 rings (SSSR count). The van der Waals surface area contributed by atoms with Gasteiger partial charge in [0.15, 0.2) is 0 Å². The Balaban J connectivity index is 1.64. The highest BCUT2D eigenvalue weighted by Gasteiger charge is 2.19. The summed E-state index contributed by atoms with van der Waals surface area (Å²) in [5.74, 6) is 1.40. The standard InChI is InChI=1S/C16H17BrN2O/c1-11-2-6-15(14(17)8-11)20-16-7-3-12(10-19-16)9-18-13-4-5-13/h2-3,6-8,10,13,18H,4-5,9H2,1H3. The number of nitrogens with zero attached hydrogens (tertiary/aromatic N) is 1. The fourth-order valence-corrected chi connectivity index (χ4v) is 2.50. The van der Waals surface area contributed by atoms with Gasteiger partial charge in [0.1, 0.15) is 5.75 Å². The minimum atomic E-state index is 0.615. The van der Waals surface area contributed by atoms with Crippen molar-refractivity contribution in [1.29, 1.82) is 0 Å². The number of aromatic nitrogens is 1. The number of halogens is 1. The zero-order valence-corrected chi connectivity index (χ0v) is 13.0. The Morgan fingerprint density at radius 2 is 2.15 bits per heavy atom. The first-order valence-electron chi connectivity index (χ1n) is 6.83. The molecule has 1 aromatic carbocycles. The number of aryl methyl sites for hydroxylation is 1. The first-order chi connectivity index (χ1) is 9.70. The number of nitrogens with one attached hydrogen (secondary N) is 1. The Labute approximate surface area is 127 Å². The lowest BCUT2D eigenvalue weighted by Crippen LogP contribution is -2.15. The summed E-state index contributed by atoms with van der Waals surface area (Å²) in [5.41, 5.74) is 2.38. The minimum absolute atomic E-state index is 0.615. The lowest BCUT2D eigenvalue weighted by atomic mass is 10.2. The third kappa shape index (κ3) is 3.58. The summed E-state index contributed by atoms with van der Waals surface area (Å²) in [6.45, 7) is 2.93. The zero-order chi connectivity index (χ0) is 13.9. The number of ether oxygens (including phenoxy) is 1. The Bertz CT molecular complexity index is 594. The van der Waals surface area contributed by atoms with Crippen LogP contribution in [-0.4, -0.2) is 11.0 Å². The Hall–Kier alpha value is -1.39. The fraction of sp³-hybridized carbons (Fsp3) is 0.312. The van der Waals surface area contributed by atoms with Crippen LogP contribution in [0.2, 0.25) is 0 Å². The molecule has 3 nitrogen and oxygen atoms in total. The quantitative estimate of drug-likeness (QED) is 0.891. The number of rotatable bonds is 5. The molecule has 0 unspecified atom stereocenters. The van der Waals surface area contributed by atoms with Crippen molar-refractivity contribution in [3.05, 3.63) is 52.1 Å². The van der Waals surface area contributed by atoms with Gasteiger partial charge in [-0.1, -0.05) is 12.1 Å². The van der Waals surface area contributed by atoms with Crippen LogP contribution in [0.1, 0.15) is 24.0 Å². The smallest absolute Gasteiger partial charge is 0.219 e. The second-order valence-corrected chi connectivity index (χ2v) is 6.05. The van der Waals surface area contributed by atoms with E-state index in [-0.39, 0.29) is 0 Å². The van der Waals surface area contributed by atoms with Gasteiger partial charge in [0.05, 0.1) is 4.47 Å². The number of hydrogen-bond donors (Lipinski definition) is 1. The van der Waals surface area contributed by atoms with E-state index in [1.54, 1.807) is 0 Å². The SMILES string of the molecule is Cc1ccc(Oc2ccc(CNC3CC3)cn2)c(Br)c1. The fourth-order valence-electron chi connectivity index (χ4n) is 1.93. The Morgan fingerprint density at radius 1 is 1.30 bits per heavy atom. The van der Waals surface area contributed by atoms with Crippen LogP contribution in [-0.2, 0) is 6.54 Å². The van der Waals surface area contributed by atoms with Crippen molar-refractivity contribution < 1.29 is 4.74 Å². The first-order valence-corrected chi connectivity index (χ1v) is 7.62. The highest BCUT2D eigenvalue weighted by molar-refractivity contribution is 9.10. The Morgan fingerprint density at radius 3 is 2.80 bits per heavy atom. The van der Waals surface area contributed by atoms with Gasteiger partial charge in [0.25, 0.3) is 0 Å². The summed E-state index contributed by atoms with van der Waals surface area (Å²) in [6, 6.07) is 10.7. The van der Waals surface area contributed by atoms with Crippen molar-refractivity contribution >= 4 is 15.9 Å². The van der Waals surface area contributed by atoms with Gasteiger partial charge >= 0.3 is 0 Å². The van der Waals surface area contributed by atoms with Crippen molar-refractivity contribution in [2.24, 2.45) is 0 Å². The molecule has 1 aliphatic rings. The molecule has 1 saturated carbocycles. The van der Waals surface area contributed by atoms with Crippen LogP contribution in [0.15, 0.2) is 41.0 Å². The molecule has 1 aromatic heterocycles. The normalized spacial score (nSPS) is 14.3. The molecule has 104 valence electrons. The molecule has 2 aromatic rings. The predicted octanol–water partition coefficient (Wildman–Crippen LogP) is 4.20. The lowest BCUT2D eigenvalue weighted by molar-refractivity contribution is 0.459. The average molecular weight is 333 g/mol. The van der Waals surface area contributed by atoms with Gasteiger partial charge in [0, 0.05) is 24.8 Å². The molecule has 1 aliphatic carbocycles. The highest BCUT2D eigenvalue weighted by Crippen LogP contribution is 2.29. The van der Waals surface area contributed by atoms with Crippen molar-refractivity contribution in [1.82, 2.24) is 10.3 Å². The first kappa shape index (κ1) is 13.6. The van der Waals surface area contributed by atoms with E-state index >= 15 is 0 Å². The van der Waals surface area contributed by atoms with Crippen LogP contribution < -0.4 is 10.1 Å². The minimum Gasteiger partial charge on any atom is -0.438 e. The second kappa shape index (κ2) is 5.94. The zero-order valence-electron chi connectivity index (χ0n) is 11.4. The number of hydrogen-bond acceptors (Lipinski definition) is 3. The summed E-state index contributed by atoms with van der Waals surface area (Å²) in [7, 11) is 0. The molecule has 0 saturated heterocycles. The molecule has 0 spiro atoms. The molecule has 1 heterocycles. The molecule has 0 atom stereocenters. The van der Waals surface area contributed by atoms with E-state index in [2.05, 4.69) is 39.2 Å². The van der Waals surface area contributed by atoms with Crippen molar-refractivity contribution in [3.8, 4) is 11.6 Å². The maximum absolute atomic E-state index is 5.78. The third-order valence-corrected chi connectivity index (χ3v) is 3.89. The van der Waals surface area contributed by atoms with Gasteiger partial charge in [-0.2, -0.15) is 0 Å². The predicted molar refractivity (Wildman–Crippen MR) is 83.1 cm³/mol. The summed E-state index contributed by atoms with van der Waals surface area (Å²) in [4.78, 5) is 4.35. The second-order valence-electron chi connectivity index (χ2n) is 5.20. The highest BCUT2D eigenvalue weighted by atomic mass is 79.9. The van der Waals surface area contributed by atoms with E-state index in [9.17, 15) is 0 Å². The molecule has 0 amide bonds. The average Bonchev–Trinajstić information content (AvgIpc) is 3.25. The van der Waals surface area contributed by atoms with Crippen LogP contribution in [0.5, 0.6) is 11.6 Å². The van der Waals surface area contributed by atoms with Gasteiger partial charge in [-0.05, 0) is 59.0 Å². The summed E-state index contributed by atoms with van der Waals surface area (Å²) < 4.78 is 6.72. The maximum atomic E-state index is 5.78. The molecule has 1 fully saturated rings. The Kier molecular flexibility index (Phi) is 4.03. The lowest BCUT2D eigenvalue weighted by Gasteiger charge is -2.08. The van der Waals surface area contributed by atoms with E-state index in [4.69, 9.17) is 4.74 Å². The van der Waals surface area contributed by atoms with E-state index < -0.39 is 0 Å². The molecule has 4 heteroatoms. The molecule has 0 bridgehead atoms. The third-order valence-electron chi connectivity index (χ3n) is 3.27. The van der Waals surface area contributed by atoms with Crippen LogP contribution >= 0.6 is 15.9 Å². The molecular weight excluding hydrogens is 316 g/mol. The summed E-state index contributed by atoms with van der Waals surface area (Å²) in [6.07, 6.45) is 4.47. The molecular formula is C16H17BrN2O. The topological polar surface area (TPSA) is 34.1 Å². The molecule has 0 aliphatic heterocycles. The maximum Gasteiger partial charge on any atom is 0.219 e. The summed E-state index contributed by atoms with van der Waals surface area (Å²) in [5, 5.41) is 3.47. The number of pyridine rings is 1. The van der Waals surface area contributed by atoms with E-state index in [0.29, 0.717) is 5.88 Å². The van der Waals surface area contributed by atoms with Crippen LogP contribution in [0.4, 0.5) is 0 Å². The van der Waals surface area contributed by atoms with Crippen LogP contribution in [0.25, 0.3) is 0 Å². The van der Waals surface area contributed by atoms with Crippen molar-refractivity contribution in [2.45, 2.75) is 32.4 Å². The van der Waals surface area contributed by atoms with Gasteiger partial charge in [-0.3, -0.25) is 0 Å². The number of benzene rings is 1. The van der Waals surface area contributed by atoms with Crippen molar-refractivity contribution in [2.75, 3.05) is 0 Å². The largest absolute Gasteiger partial charge is 0.438 e. The molecule has 1 N–H and O–H groups in total. The van der Waals surface area contributed by atoms with E-state index in [0.717, 1.165) is 22.8 Å². The van der Waals surface area contributed by atoms with Gasteiger partial charge in [-0.25, -0.2) is 4.98 Å². The van der Waals surface area contributed by atoms with Crippen LogP contribution in [0, 0.1) is 6.92 Å². The molecule has 0 radical (unpaired) electrons.